The van der Waals surface area contributed by atoms with E-state index in [9.17, 15) is 24.0 Å². The second kappa shape index (κ2) is 32.9. The van der Waals surface area contributed by atoms with Gasteiger partial charge in [-0.2, -0.15) is 4.98 Å². The van der Waals surface area contributed by atoms with Crippen molar-refractivity contribution in [2.24, 2.45) is 0 Å². The molecule has 8 rings (SSSR count). The van der Waals surface area contributed by atoms with Gasteiger partial charge in [-0.05, 0) is 65.2 Å². The number of nitrogens with zero attached hydrogens (tertiary/aromatic N) is 6. The van der Waals surface area contributed by atoms with Crippen molar-refractivity contribution in [3.8, 4) is 11.5 Å². The highest BCUT2D eigenvalue weighted by Crippen LogP contribution is 2.56. The number of fused-ring (bicyclic) bond motifs is 1. The highest BCUT2D eigenvalue weighted by Gasteiger charge is 2.57. The van der Waals surface area contributed by atoms with Gasteiger partial charge in [-0.3, -0.25) is 33.3 Å². The first-order chi connectivity index (χ1) is 46.1. The maximum Gasteiger partial charge on any atom is 0.509 e. The molecule has 2 saturated heterocycles. The summed E-state index contributed by atoms with van der Waals surface area (Å²) in [4.78, 5) is 84.2. The molecule has 0 radical (unpaired) electrons. The summed E-state index contributed by atoms with van der Waals surface area (Å²) in [6, 6.07) is 25.2. The zero-order valence-electron chi connectivity index (χ0n) is 54.0. The lowest BCUT2D eigenvalue weighted by Crippen LogP contribution is -2.50. The summed E-state index contributed by atoms with van der Waals surface area (Å²) < 4.78 is 110. The summed E-state index contributed by atoms with van der Waals surface area (Å²) >= 11 is 0. The fraction of sp³-hybridized carbons (Fsp3) is 0.369. The van der Waals surface area contributed by atoms with Gasteiger partial charge in [-0.15, -0.1) is 6.58 Å². The Kier molecular flexibility index (Phi) is 24.8. The molecule has 2 amide bonds. The van der Waals surface area contributed by atoms with Gasteiger partial charge in [0.25, 0.3) is 0 Å². The van der Waals surface area contributed by atoms with Crippen LogP contribution in [0.25, 0.3) is 11.2 Å². The first-order valence-corrected chi connectivity index (χ1v) is 34.3. The molecule has 1 unspecified atom stereocenters. The molecule has 0 spiro atoms. The zero-order chi connectivity index (χ0) is 69.2. The van der Waals surface area contributed by atoms with Gasteiger partial charge in [0.1, 0.15) is 80.1 Å². The molecule has 2 N–H and O–H groups in total. The Hall–Kier alpha value is -9.36. The summed E-state index contributed by atoms with van der Waals surface area (Å²) in [5.41, 5.74) is -0.581. The van der Waals surface area contributed by atoms with E-state index in [4.69, 9.17) is 70.1 Å². The third-order valence-corrected chi connectivity index (χ3v) is 21.3. The molecule has 512 valence electrons. The van der Waals surface area contributed by atoms with Crippen LogP contribution < -0.4 is 25.8 Å². The quantitative estimate of drug-likeness (QED) is 0.00989. The van der Waals surface area contributed by atoms with Gasteiger partial charge in [0.2, 0.25) is 0 Å². The monoisotopic (exact) mass is 1360 g/mol. The van der Waals surface area contributed by atoms with Crippen molar-refractivity contribution in [1.82, 2.24) is 29.1 Å². The van der Waals surface area contributed by atoms with Gasteiger partial charge in [0.05, 0.1) is 40.4 Å². The second-order valence-electron chi connectivity index (χ2n) is 22.6. The molecule has 2 aliphatic rings. The molecule has 2 aliphatic heterocycles. The van der Waals surface area contributed by atoms with E-state index in [0.717, 1.165) is 10.9 Å². The Bertz CT molecular complexity index is 3760. The molecule has 96 heavy (non-hydrogen) atoms. The van der Waals surface area contributed by atoms with E-state index >= 15 is 4.57 Å². The van der Waals surface area contributed by atoms with Crippen molar-refractivity contribution in [3.05, 3.63) is 194 Å². The van der Waals surface area contributed by atoms with Crippen molar-refractivity contribution in [3.63, 3.8) is 0 Å². The van der Waals surface area contributed by atoms with Crippen molar-refractivity contribution < 1.29 is 93.8 Å². The number of ether oxygens (including phenoxy) is 11. The van der Waals surface area contributed by atoms with Gasteiger partial charge in [-0.25, -0.2) is 43.5 Å². The fourth-order valence-electron chi connectivity index (χ4n) is 9.90. The number of anilines is 2. The second-order valence-corrected chi connectivity index (χ2v) is 29.0. The third-order valence-electron chi connectivity index (χ3n) is 15.4. The normalized spacial score (nSPS) is 19.9. The Morgan fingerprint density at radius 1 is 0.625 bits per heavy atom. The average molecular weight is 1370 g/mol. The Labute approximate surface area is 554 Å². The molecule has 0 saturated carbocycles. The van der Waals surface area contributed by atoms with Crippen molar-refractivity contribution in [1.29, 1.82) is 0 Å². The number of nitrogens with one attached hydrogen (secondary N) is 2. The molecular weight excluding hydrogens is 1290 g/mol. The van der Waals surface area contributed by atoms with Crippen molar-refractivity contribution in [2.75, 3.05) is 71.1 Å². The zero-order valence-corrected chi connectivity index (χ0v) is 55.9. The number of aromatic nitrogens is 6. The van der Waals surface area contributed by atoms with Gasteiger partial charge in [0, 0.05) is 6.20 Å². The molecule has 5 heterocycles. The molecule has 29 nitrogen and oxygen atoms in total. The molecular formula is C65H77N8O21PSi. The predicted octanol–water partition coefficient (Wildman–Crippen LogP) is 10.9. The van der Waals surface area contributed by atoms with Crippen LogP contribution in [0.3, 0.4) is 0 Å². The topological polar surface area (TPSA) is 326 Å². The van der Waals surface area contributed by atoms with Crippen LogP contribution >= 0.6 is 7.82 Å². The number of imidazole rings is 1. The molecule has 0 bridgehead atoms. The summed E-state index contributed by atoms with van der Waals surface area (Å²) in [6.07, 6.45) is -6.75. The van der Waals surface area contributed by atoms with Crippen LogP contribution in [0, 0.1) is 0 Å². The Balaban J connectivity index is 1.27. The Morgan fingerprint density at radius 3 is 1.71 bits per heavy atom. The number of benzene rings is 3. The van der Waals surface area contributed by atoms with E-state index in [1.165, 1.54) is 53.5 Å². The van der Waals surface area contributed by atoms with Crippen molar-refractivity contribution in [2.45, 2.75) is 93.6 Å². The lowest BCUT2D eigenvalue weighted by molar-refractivity contribution is -0.0968. The van der Waals surface area contributed by atoms with E-state index in [2.05, 4.69) is 63.5 Å². The van der Waals surface area contributed by atoms with Crippen LogP contribution in [-0.4, -0.2) is 159 Å². The van der Waals surface area contributed by atoms with E-state index in [-0.39, 0.29) is 49.2 Å². The maximum absolute atomic E-state index is 16.2. The van der Waals surface area contributed by atoms with Gasteiger partial charge < -0.3 is 56.5 Å². The largest absolute Gasteiger partial charge is 0.509 e. The van der Waals surface area contributed by atoms with Gasteiger partial charge in [0.15, 0.2) is 50.0 Å². The lowest BCUT2D eigenvalue weighted by Gasteiger charge is -2.41. The lowest BCUT2D eigenvalue weighted by atomic mass is 9.80. The van der Waals surface area contributed by atoms with Crippen LogP contribution in [0.4, 0.5) is 30.8 Å². The number of rotatable bonds is 32. The maximum atomic E-state index is 16.2. The minimum atomic E-state index is -5.20. The van der Waals surface area contributed by atoms with Crippen LogP contribution in [0.5, 0.6) is 11.5 Å². The minimum Gasteiger partial charge on any atom is -0.497 e. The van der Waals surface area contributed by atoms with E-state index in [1.54, 1.807) is 38.5 Å². The first kappa shape index (κ1) is 72.5. The number of phosphoric ester groups is 1. The van der Waals surface area contributed by atoms with Crippen LogP contribution in [0.2, 0.25) is 18.1 Å². The van der Waals surface area contributed by atoms with Crippen LogP contribution in [-0.2, 0) is 70.8 Å². The first-order valence-electron chi connectivity index (χ1n) is 30.0. The predicted molar refractivity (Wildman–Crippen MR) is 350 cm³/mol. The smallest absolute Gasteiger partial charge is 0.497 e. The van der Waals surface area contributed by atoms with Crippen molar-refractivity contribution >= 4 is 63.4 Å². The highest BCUT2D eigenvalue weighted by molar-refractivity contribution is 7.48. The number of hydrogen-bond donors (Lipinski definition) is 2. The highest BCUT2D eigenvalue weighted by atomic mass is 31.2. The van der Waals surface area contributed by atoms with Crippen LogP contribution in [0.1, 0.15) is 49.9 Å². The summed E-state index contributed by atoms with van der Waals surface area (Å²) in [5, 5.41) is 4.37. The third kappa shape index (κ3) is 17.4. The molecule has 3 aromatic carbocycles. The number of hydrogen-bond acceptors (Lipinski definition) is 25. The number of phosphoric acid groups is 1. The fourth-order valence-corrected chi connectivity index (χ4v) is 12.6. The van der Waals surface area contributed by atoms with Gasteiger partial charge in [-0.1, -0.05) is 132 Å². The SMILES string of the molecule is C=CCOC(=O)Nc1ccn([C@@H]2O[C@H](COC(c3ccccc3)(c3ccc(OC)cc3)c3ccc(OC)cc3)[C@@H](OP(=O)(OCC=C)OC[C@H]3O[C@@H](n4cnc5c(NC(=O)OCC=C)ncnc54)[C@H](OC(=O)OCC=C)[C@@H]3OC(=O)OCC=C)[C@H]2O[Si](C)(C)C(C)(C)C)c(=O)n1. The molecule has 0 aliphatic carbocycles. The summed E-state index contributed by atoms with van der Waals surface area (Å²) in [7, 11) is -5.22. The number of amides is 2. The molecule has 6 aromatic rings. The number of carbonyl (C=O) groups excluding carboxylic acids is 4. The number of carbonyl (C=O) groups is 4. The standard InChI is InChI=1S/C65H77N8O21PSi/c1-13-33-82-60(75)70-49-31-32-72(59(74)69-49)58-54(94-96(11,12)64(6,7)8)52(47(89-58)38-86-65(42-21-19-18-20-22-42,43-23-27-45(80-9)28-24-43)44-25-29-46(81-10)30-26-44)93-95(79,87-37-17-5)88-39-48-51(91-62(77)84-35-15-3)53(92-63(78)85-36-16-4)57(90-48)73-41-68-50-55(66-40-67-56(50)73)71-61(76)83-34-14-2/h13-32,40-41,47-48,51-54,57-58H,1-5,33-39H2,6-12H3,(H,66,67,71,76)(H,69,70,74,75)/t47-,48-,51-,52-,53-,54-,57-,58-,95?/m1/s1. The van der Waals surface area contributed by atoms with Gasteiger partial charge >= 0.3 is 38.0 Å². The van der Waals surface area contributed by atoms with Crippen LogP contribution in [0.15, 0.2) is 172 Å². The van der Waals surface area contributed by atoms with E-state index in [0.29, 0.717) is 28.2 Å². The minimum absolute atomic E-state index is 0.00312. The number of methoxy groups -OCH3 is 2. The Morgan fingerprint density at radius 2 is 1.16 bits per heavy atom. The molecule has 2 fully saturated rings. The summed E-state index contributed by atoms with van der Waals surface area (Å²) in [5.74, 6) is 0.825. The molecule has 31 heteroatoms. The summed E-state index contributed by atoms with van der Waals surface area (Å²) in [6.45, 7) is 25.2. The molecule has 3 aromatic heterocycles. The molecule has 9 atom stereocenters. The van der Waals surface area contributed by atoms with E-state index in [1.807, 2.05) is 88.5 Å². The van der Waals surface area contributed by atoms with E-state index < -0.39 is 126 Å². The average Bonchev–Trinajstić information content (AvgIpc) is 1.35.